The van der Waals surface area contributed by atoms with Crippen molar-refractivity contribution >= 4 is 68.8 Å². The molecule has 2 saturated heterocycles. The quantitative estimate of drug-likeness (QED) is 0.169. The van der Waals surface area contributed by atoms with Gasteiger partial charge in [0.2, 0.25) is 0 Å². The van der Waals surface area contributed by atoms with Crippen LogP contribution in [0.2, 0.25) is 0 Å². The SMILES string of the molecule is CC1(C)OB(c2ccccc2-n2c3ccccc3c3ccccc32)OC1(C)C.CC1(C)OB(c2ccccc2-n2c3ccccc3c3ccccc32)OC1(C)C. The van der Waals surface area contributed by atoms with Crippen molar-refractivity contribution in [1.29, 1.82) is 0 Å². The Balaban J connectivity index is 0.000000146. The molecule has 0 atom stereocenters. The predicted molar refractivity (Wildman–Crippen MR) is 233 cm³/mol. The van der Waals surface area contributed by atoms with E-state index in [0.717, 1.165) is 22.3 Å². The largest absolute Gasteiger partial charge is 0.496 e. The number of hydrogen-bond donors (Lipinski definition) is 0. The lowest BCUT2D eigenvalue weighted by Gasteiger charge is -2.32. The van der Waals surface area contributed by atoms with Crippen LogP contribution in [0.4, 0.5) is 0 Å². The molecule has 2 aliphatic heterocycles. The number of aromatic nitrogens is 2. The molecule has 2 aliphatic rings. The van der Waals surface area contributed by atoms with Gasteiger partial charge in [-0.05, 0) is 91.8 Å². The number of para-hydroxylation sites is 6. The Morgan fingerprint density at radius 1 is 0.321 bits per heavy atom. The molecule has 280 valence electrons. The summed E-state index contributed by atoms with van der Waals surface area (Å²) in [5.41, 5.74) is 7.56. The Morgan fingerprint density at radius 3 is 0.839 bits per heavy atom. The number of fused-ring (bicyclic) bond motifs is 6. The van der Waals surface area contributed by atoms with Crippen molar-refractivity contribution in [3.63, 3.8) is 0 Å². The summed E-state index contributed by atoms with van der Waals surface area (Å²) < 4.78 is 30.2. The van der Waals surface area contributed by atoms with E-state index in [4.69, 9.17) is 18.6 Å². The molecule has 0 spiro atoms. The summed E-state index contributed by atoms with van der Waals surface area (Å²) in [6.45, 7) is 16.7. The highest BCUT2D eigenvalue weighted by Gasteiger charge is 2.53. The Labute approximate surface area is 330 Å². The summed E-state index contributed by atoms with van der Waals surface area (Å²) in [4.78, 5) is 0. The molecular formula is C48H48B2N2O4. The Hall–Kier alpha value is -5.11. The maximum atomic E-state index is 6.38. The fourth-order valence-corrected chi connectivity index (χ4v) is 8.09. The van der Waals surface area contributed by atoms with Crippen molar-refractivity contribution < 1.29 is 18.6 Å². The molecule has 0 amide bonds. The van der Waals surface area contributed by atoms with E-state index in [0.29, 0.717) is 0 Å². The highest BCUT2D eigenvalue weighted by atomic mass is 16.7. The highest BCUT2D eigenvalue weighted by Crippen LogP contribution is 2.39. The summed E-state index contributed by atoms with van der Waals surface area (Å²) in [5.74, 6) is 0. The third kappa shape index (κ3) is 5.81. The molecule has 0 radical (unpaired) electrons. The number of nitrogens with zero attached hydrogens (tertiary/aromatic N) is 2. The van der Waals surface area contributed by atoms with Crippen molar-refractivity contribution in [2.24, 2.45) is 0 Å². The lowest BCUT2D eigenvalue weighted by molar-refractivity contribution is 0.00578. The van der Waals surface area contributed by atoms with Gasteiger partial charge in [0, 0.05) is 43.8 Å². The summed E-state index contributed by atoms with van der Waals surface area (Å²) in [7, 11) is -0.803. The molecule has 2 fully saturated rings. The number of rotatable bonds is 4. The molecule has 4 heterocycles. The van der Waals surface area contributed by atoms with Gasteiger partial charge in [-0.15, -0.1) is 0 Å². The highest BCUT2D eigenvalue weighted by molar-refractivity contribution is 6.64. The Morgan fingerprint density at radius 2 is 0.554 bits per heavy atom. The second-order valence-electron chi connectivity index (χ2n) is 17.0. The van der Waals surface area contributed by atoms with Crippen LogP contribution in [0.15, 0.2) is 146 Å². The standard InChI is InChI=1S/2C24H24BNO2/c2*1-23(2)24(3,4)28-25(27-23)19-13-7-10-16-22(19)26-20-14-8-5-11-17(20)18-12-6-9-15-21(18)26/h2*5-16H,1-4H3. The van der Waals surface area contributed by atoms with Crippen LogP contribution in [0, 0.1) is 0 Å². The third-order valence-electron chi connectivity index (χ3n) is 12.5. The summed E-state index contributed by atoms with van der Waals surface area (Å²) in [5, 5.41) is 5.01. The molecule has 8 aromatic rings. The average Bonchev–Trinajstić information content (AvgIpc) is 3.84. The van der Waals surface area contributed by atoms with E-state index in [1.165, 1.54) is 43.6 Å². The van der Waals surface area contributed by atoms with Gasteiger partial charge in [-0.25, -0.2) is 0 Å². The van der Waals surface area contributed by atoms with Gasteiger partial charge in [0.1, 0.15) is 0 Å². The van der Waals surface area contributed by atoms with E-state index in [-0.39, 0.29) is 22.4 Å². The zero-order valence-electron chi connectivity index (χ0n) is 33.5. The first-order valence-electron chi connectivity index (χ1n) is 19.6. The van der Waals surface area contributed by atoms with E-state index in [1.54, 1.807) is 0 Å². The zero-order chi connectivity index (χ0) is 39.0. The zero-order valence-corrected chi connectivity index (χ0v) is 33.5. The van der Waals surface area contributed by atoms with Crippen LogP contribution in [0.1, 0.15) is 55.4 Å². The fourth-order valence-electron chi connectivity index (χ4n) is 8.09. The molecule has 56 heavy (non-hydrogen) atoms. The van der Waals surface area contributed by atoms with E-state index in [1.807, 2.05) is 0 Å². The monoisotopic (exact) mass is 738 g/mol. The third-order valence-corrected chi connectivity index (χ3v) is 12.5. The van der Waals surface area contributed by atoms with Gasteiger partial charge in [0.25, 0.3) is 0 Å². The molecular weight excluding hydrogens is 690 g/mol. The van der Waals surface area contributed by atoms with Crippen LogP contribution in [-0.4, -0.2) is 45.8 Å². The fraction of sp³-hybridized carbons (Fsp3) is 0.250. The topological polar surface area (TPSA) is 46.8 Å². The van der Waals surface area contributed by atoms with Gasteiger partial charge < -0.3 is 27.8 Å². The van der Waals surface area contributed by atoms with Crippen LogP contribution < -0.4 is 10.9 Å². The molecule has 0 saturated carbocycles. The maximum absolute atomic E-state index is 6.38. The first-order valence-corrected chi connectivity index (χ1v) is 19.6. The smallest absolute Gasteiger partial charge is 0.399 e. The second kappa shape index (κ2) is 13.2. The average molecular weight is 739 g/mol. The molecule has 2 aromatic heterocycles. The Kier molecular flexibility index (Phi) is 8.64. The van der Waals surface area contributed by atoms with E-state index in [9.17, 15) is 0 Å². The van der Waals surface area contributed by atoms with Crippen LogP contribution in [0.5, 0.6) is 0 Å². The molecule has 0 N–H and O–H groups in total. The van der Waals surface area contributed by atoms with Gasteiger partial charge in [-0.3, -0.25) is 0 Å². The Bertz CT molecular complexity index is 2430. The van der Waals surface area contributed by atoms with Gasteiger partial charge in [-0.2, -0.15) is 0 Å². The summed E-state index contributed by atoms with van der Waals surface area (Å²) >= 11 is 0. The minimum Gasteiger partial charge on any atom is -0.399 e. The van der Waals surface area contributed by atoms with E-state index >= 15 is 0 Å². The lowest BCUT2D eigenvalue weighted by Crippen LogP contribution is -2.41. The minimum atomic E-state index is -0.402. The number of benzene rings is 6. The van der Waals surface area contributed by atoms with Crippen molar-refractivity contribution in [2.45, 2.75) is 77.8 Å². The molecule has 6 nitrogen and oxygen atoms in total. The van der Waals surface area contributed by atoms with E-state index in [2.05, 4.69) is 210 Å². The molecule has 10 rings (SSSR count). The van der Waals surface area contributed by atoms with Crippen molar-refractivity contribution in [2.75, 3.05) is 0 Å². The van der Waals surface area contributed by atoms with Gasteiger partial charge >= 0.3 is 14.2 Å². The van der Waals surface area contributed by atoms with Crippen molar-refractivity contribution in [3.05, 3.63) is 146 Å². The van der Waals surface area contributed by atoms with Crippen molar-refractivity contribution in [1.82, 2.24) is 9.13 Å². The van der Waals surface area contributed by atoms with Crippen molar-refractivity contribution in [3.8, 4) is 11.4 Å². The molecule has 0 bridgehead atoms. The van der Waals surface area contributed by atoms with Crippen LogP contribution >= 0.6 is 0 Å². The molecule has 8 heteroatoms. The predicted octanol–water partition coefficient (Wildman–Crippen LogP) is 10.2. The molecule has 6 aromatic carbocycles. The van der Waals surface area contributed by atoms with Gasteiger partial charge in [0.15, 0.2) is 0 Å². The maximum Gasteiger partial charge on any atom is 0.496 e. The van der Waals surface area contributed by atoms with Gasteiger partial charge in [0.05, 0.1) is 44.5 Å². The summed E-state index contributed by atoms with van der Waals surface area (Å²) in [6.07, 6.45) is 0. The van der Waals surface area contributed by atoms with Crippen LogP contribution in [0.3, 0.4) is 0 Å². The summed E-state index contributed by atoms with van der Waals surface area (Å²) in [6, 6.07) is 51.0. The first kappa shape index (κ1) is 36.5. The van der Waals surface area contributed by atoms with Crippen LogP contribution in [0.25, 0.3) is 55.0 Å². The minimum absolute atomic E-state index is 0.369. The van der Waals surface area contributed by atoms with Crippen LogP contribution in [-0.2, 0) is 18.6 Å². The molecule has 0 unspecified atom stereocenters. The normalized spacial score (nSPS) is 18.2. The van der Waals surface area contributed by atoms with Gasteiger partial charge in [-0.1, -0.05) is 109 Å². The second-order valence-corrected chi connectivity index (χ2v) is 17.0. The number of hydrogen-bond acceptors (Lipinski definition) is 4. The lowest BCUT2D eigenvalue weighted by atomic mass is 9.77. The van der Waals surface area contributed by atoms with E-state index < -0.39 is 14.2 Å². The first-order chi connectivity index (χ1) is 26.8. The molecule has 0 aliphatic carbocycles.